The second-order valence-corrected chi connectivity index (χ2v) is 5.26. The minimum absolute atomic E-state index is 0. The zero-order valence-electron chi connectivity index (χ0n) is 12.7. The molecule has 11 heteroatoms. The highest BCUT2D eigenvalue weighted by Gasteiger charge is 2.46. The van der Waals surface area contributed by atoms with Gasteiger partial charge in [-0.25, -0.2) is 0 Å². The van der Waals surface area contributed by atoms with Crippen molar-refractivity contribution >= 4 is 12.4 Å². The van der Waals surface area contributed by atoms with E-state index in [1.807, 2.05) is 0 Å². The maximum absolute atomic E-state index is 13.4. The van der Waals surface area contributed by atoms with E-state index < -0.39 is 30.5 Å². The zero-order valence-corrected chi connectivity index (χ0v) is 13.5. The Kier molecular flexibility index (Phi) is 7.33. The van der Waals surface area contributed by atoms with Gasteiger partial charge >= 0.3 is 18.7 Å². The first-order valence-electron chi connectivity index (χ1n) is 7.07. The highest BCUT2D eigenvalue weighted by Crippen LogP contribution is 2.38. The van der Waals surface area contributed by atoms with Crippen LogP contribution >= 0.6 is 12.4 Å². The van der Waals surface area contributed by atoms with E-state index in [9.17, 15) is 30.7 Å². The van der Waals surface area contributed by atoms with Gasteiger partial charge in [0, 0.05) is 26.2 Å². The Labute approximate surface area is 145 Å². The number of hydrogen-bond acceptors (Lipinski definition) is 3. The Balaban J connectivity index is 0.00000312. The number of benzene rings is 1. The van der Waals surface area contributed by atoms with Crippen molar-refractivity contribution in [3.63, 3.8) is 0 Å². The molecule has 3 nitrogen and oxygen atoms in total. The number of rotatable bonds is 5. The van der Waals surface area contributed by atoms with E-state index in [1.165, 1.54) is 4.90 Å². The lowest BCUT2D eigenvalue weighted by molar-refractivity contribution is -0.253. The number of hydrogen-bond donors (Lipinski definition) is 1. The summed E-state index contributed by atoms with van der Waals surface area (Å²) in [5.41, 5.74) is -0.169. The summed E-state index contributed by atoms with van der Waals surface area (Å²) in [7, 11) is 0. The normalized spacial score (nSPS) is 17.9. The number of nitrogens with zero attached hydrogens (tertiary/aromatic N) is 1. The average Bonchev–Trinajstić information content (AvgIpc) is 2.48. The molecule has 25 heavy (non-hydrogen) atoms. The van der Waals surface area contributed by atoms with Crippen LogP contribution in [0.4, 0.5) is 30.7 Å². The van der Waals surface area contributed by atoms with Gasteiger partial charge in [-0.1, -0.05) is 12.1 Å². The Morgan fingerprint density at radius 1 is 0.960 bits per heavy atom. The highest BCUT2D eigenvalue weighted by atomic mass is 35.5. The molecule has 0 bridgehead atoms. The van der Waals surface area contributed by atoms with Gasteiger partial charge in [-0.2, -0.15) is 30.7 Å². The third-order valence-electron chi connectivity index (χ3n) is 3.53. The molecule has 0 aliphatic carbocycles. The van der Waals surface area contributed by atoms with Crippen LogP contribution in [0.2, 0.25) is 0 Å². The first-order valence-corrected chi connectivity index (χ1v) is 7.07. The van der Waals surface area contributed by atoms with Crippen molar-refractivity contribution in [2.24, 2.45) is 0 Å². The molecule has 1 heterocycles. The van der Waals surface area contributed by atoms with Crippen LogP contribution in [0.25, 0.3) is 0 Å². The molecule has 1 aliphatic heterocycles. The van der Waals surface area contributed by atoms with Crippen molar-refractivity contribution in [1.29, 1.82) is 0 Å². The van der Waals surface area contributed by atoms with E-state index in [1.54, 1.807) is 0 Å². The van der Waals surface area contributed by atoms with Gasteiger partial charge in [0.25, 0.3) is 0 Å². The summed E-state index contributed by atoms with van der Waals surface area (Å²) in [6, 6.07) is 1.66. The molecule has 0 unspecified atom stereocenters. The van der Waals surface area contributed by atoms with Crippen molar-refractivity contribution in [2.45, 2.75) is 24.8 Å². The second kappa shape index (κ2) is 8.41. The van der Waals surface area contributed by atoms with Gasteiger partial charge in [-0.3, -0.25) is 4.90 Å². The molecule has 0 aromatic heterocycles. The van der Waals surface area contributed by atoms with Gasteiger partial charge in [0.2, 0.25) is 0 Å². The van der Waals surface area contributed by atoms with Gasteiger partial charge in [0.05, 0.1) is 0 Å². The summed E-state index contributed by atoms with van der Waals surface area (Å²) in [5.74, 6) is -0.634. The molecular weight excluding hydrogens is 381 g/mol. The fourth-order valence-corrected chi connectivity index (χ4v) is 2.47. The number of nitrogens with one attached hydrogen (secondary N) is 1. The summed E-state index contributed by atoms with van der Waals surface area (Å²) < 4.78 is 93.7. The van der Waals surface area contributed by atoms with Crippen molar-refractivity contribution in [3.8, 4) is 5.75 Å². The number of ether oxygens (including phenoxy) is 1. The van der Waals surface area contributed by atoms with Crippen molar-refractivity contribution in [1.82, 2.24) is 10.2 Å². The van der Waals surface area contributed by atoms with E-state index in [-0.39, 0.29) is 31.1 Å². The molecular formula is C14H16ClF7N2O. The summed E-state index contributed by atoms with van der Waals surface area (Å²) in [6.07, 6.45) is -13.3. The van der Waals surface area contributed by atoms with E-state index in [0.29, 0.717) is 13.1 Å². The van der Waals surface area contributed by atoms with E-state index >= 15 is 0 Å². The molecule has 2 rings (SSSR count). The third kappa shape index (κ3) is 5.61. The van der Waals surface area contributed by atoms with E-state index in [2.05, 4.69) is 10.1 Å². The minimum Gasteiger partial charge on any atom is -0.428 e. The molecule has 1 aromatic carbocycles. The molecule has 1 fully saturated rings. The molecule has 0 amide bonds. The van der Waals surface area contributed by atoms with E-state index in [4.69, 9.17) is 0 Å². The van der Waals surface area contributed by atoms with Crippen molar-refractivity contribution in [2.75, 3.05) is 26.2 Å². The monoisotopic (exact) mass is 396 g/mol. The van der Waals surface area contributed by atoms with Crippen LogP contribution in [0, 0.1) is 0 Å². The molecule has 0 saturated carbocycles. The van der Waals surface area contributed by atoms with E-state index in [0.717, 1.165) is 24.3 Å². The zero-order chi connectivity index (χ0) is 18.0. The molecule has 1 aromatic rings. The quantitative estimate of drug-likeness (QED) is 0.765. The summed E-state index contributed by atoms with van der Waals surface area (Å²) >= 11 is 0. The smallest absolute Gasteiger partial charge is 0.428 e. The number of halogens is 8. The lowest BCUT2D eigenvalue weighted by Crippen LogP contribution is -2.49. The molecule has 1 aliphatic rings. The van der Waals surface area contributed by atoms with Crippen LogP contribution in [0.3, 0.4) is 0 Å². The third-order valence-corrected chi connectivity index (χ3v) is 3.53. The SMILES string of the molecule is Cl.FC(F)C(F)(F)Oc1ccc([C@@H](N2CCNCC2)C(F)(F)F)cc1. The van der Waals surface area contributed by atoms with Crippen LogP contribution in [0.5, 0.6) is 5.75 Å². The lowest BCUT2D eigenvalue weighted by atomic mass is 10.0. The predicted octanol–water partition coefficient (Wildman–Crippen LogP) is 3.85. The van der Waals surface area contributed by atoms with Crippen LogP contribution in [-0.2, 0) is 0 Å². The van der Waals surface area contributed by atoms with Crippen LogP contribution < -0.4 is 10.1 Å². The summed E-state index contributed by atoms with van der Waals surface area (Å²) in [4.78, 5) is 1.22. The average molecular weight is 397 g/mol. The molecule has 1 saturated heterocycles. The first kappa shape index (κ1) is 21.8. The predicted molar refractivity (Wildman–Crippen MR) is 78.5 cm³/mol. The van der Waals surface area contributed by atoms with Gasteiger partial charge in [-0.05, 0) is 17.7 Å². The van der Waals surface area contributed by atoms with Crippen LogP contribution in [0.1, 0.15) is 11.6 Å². The largest absolute Gasteiger partial charge is 0.461 e. The maximum Gasteiger partial charge on any atom is 0.461 e. The lowest BCUT2D eigenvalue weighted by Gasteiger charge is -2.36. The molecule has 144 valence electrons. The Hall–Kier alpha value is -1.26. The maximum atomic E-state index is 13.4. The highest BCUT2D eigenvalue weighted by molar-refractivity contribution is 5.85. The molecule has 1 atom stereocenters. The van der Waals surface area contributed by atoms with Crippen LogP contribution in [0.15, 0.2) is 24.3 Å². The second-order valence-electron chi connectivity index (χ2n) is 5.26. The first-order chi connectivity index (χ1) is 11.1. The Morgan fingerprint density at radius 3 is 1.92 bits per heavy atom. The summed E-state index contributed by atoms with van der Waals surface area (Å²) in [5, 5.41) is 2.93. The Morgan fingerprint density at radius 2 is 1.48 bits per heavy atom. The van der Waals surface area contributed by atoms with Gasteiger partial charge in [0.1, 0.15) is 11.8 Å². The molecule has 1 N–H and O–H groups in total. The van der Waals surface area contributed by atoms with Crippen LogP contribution in [-0.4, -0.2) is 49.8 Å². The topological polar surface area (TPSA) is 24.5 Å². The Bertz CT molecular complexity index is 533. The fraction of sp³-hybridized carbons (Fsp3) is 0.571. The number of alkyl halides is 7. The van der Waals surface area contributed by atoms with Gasteiger partial charge < -0.3 is 10.1 Å². The fourth-order valence-electron chi connectivity index (χ4n) is 2.47. The van der Waals surface area contributed by atoms with Gasteiger partial charge in [-0.15, -0.1) is 12.4 Å². The van der Waals surface area contributed by atoms with Gasteiger partial charge in [0.15, 0.2) is 0 Å². The van der Waals surface area contributed by atoms with Crippen molar-refractivity contribution in [3.05, 3.63) is 29.8 Å². The number of piperazine rings is 1. The standard InChI is InChI=1S/C14H15F7N2O.ClH/c15-12(16)14(20,21)24-10-3-1-9(2-4-10)11(13(17,18)19)23-7-5-22-6-8-23;/h1-4,11-12,22H,5-8H2;1H/t11-;/m1./s1. The molecule has 0 radical (unpaired) electrons. The minimum atomic E-state index is -4.70. The molecule has 0 spiro atoms. The summed E-state index contributed by atoms with van der Waals surface area (Å²) in [6.45, 7) is 1.14. The van der Waals surface area contributed by atoms with Crippen molar-refractivity contribution < 1.29 is 35.5 Å².